The highest BCUT2D eigenvalue weighted by molar-refractivity contribution is 6.09. The van der Waals surface area contributed by atoms with E-state index in [-0.39, 0.29) is 11.7 Å². The summed E-state index contributed by atoms with van der Waals surface area (Å²) in [6, 6.07) is 88.2. The molecular formula is C69H54N2O2. The summed E-state index contributed by atoms with van der Waals surface area (Å²) < 4.78 is 13.8. The van der Waals surface area contributed by atoms with Crippen molar-refractivity contribution in [3.8, 4) is 39.1 Å². The van der Waals surface area contributed by atoms with Crippen molar-refractivity contribution in [1.29, 1.82) is 0 Å². The van der Waals surface area contributed by atoms with Gasteiger partial charge < -0.3 is 18.9 Å². The number of ether oxygens (including phenoxy) is 2. The Balaban J connectivity index is 0.000000415. The molecule has 73 heavy (non-hydrogen) atoms. The Morgan fingerprint density at radius 2 is 0.890 bits per heavy atom. The maximum atomic E-state index is 5.69. The highest BCUT2D eigenvalue weighted by Crippen LogP contribution is 2.52. The molecule has 1 saturated heterocycles. The normalized spacial score (nSPS) is 13.8. The van der Waals surface area contributed by atoms with E-state index >= 15 is 0 Å². The molecule has 0 atom stereocenters. The summed E-state index contributed by atoms with van der Waals surface area (Å²) in [7, 11) is 0. The van der Waals surface area contributed by atoms with Gasteiger partial charge in [-0.05, 0) is 128 Å². The fourth-order valence-electron chi connectivity index (χ4n) is 11.5. The van der Waals surface area contributed by atoms with Crippen LogP contribution in [0.4, 0.5) is 17.1 Å². The van der Waals surface area contributed by atoms with Crippen molar-refractivity contribution in [1.82, 2.24) is 4.57 Å². The number of fused-ring (bicyclic) bond motifs is 8. The molecular weight excluding hydrogens is 889 g/mol. The van der Waals surface area contributed by atoms with E-state index in [1.54, 1.807) is 0 Å². The number of aryl methyl sites for hydroxylation is 1. The standard InChI is InChI=1S/C58H44N2O2.C11H10/c1-58(2)52-36-45(30-32-48(52)49-33-31-46(37-53(49)58)60-55-15-7-5-13-50(55)51-14-6-8-16-56(51)60)59(54-17-9-11-42-10-3-4-12-47(42)54)44-28-26-41(27-29-44)39-20-18-38(19-21-39)40-22-24-43(25-23-40)57-61-34-35-62-57;1-9-5-4-7-10-6-2-3-8-11(9)10/h3-33,36-37,57H,34-35H2,1-2H3;2-8H,1H3. The first-order chi connectivity index (χ1) is 35.9. The summed E-state index contributed by atoms with van der Waals surface area (Å²) >= 11 is 0. The molecule has 0 bridgehead atoms. The topological polar surface area (TPSA) is 26.6 Å². The first-order valence-electron chi connectivity index (χ1n) is 25.4. The molecule has 0 unspecified atom stereocenters. The van der Waals surface area contributed by atoms with Crippen LogP contribution in [0.2, 0.25) is 0 Å². The van der Waals surface area contributed by atoms with Crippen LogP contribution in [-0.2, 0) is 14.9 Å². The van der Waals surface area contributed by atoms with Gasteiger partial charge in [0.2, 0.25) is 0 Å². The molecule has 0 saturated carbocycles. The Kier molecular flexibility index (Phi) is 11.1. The van der Waals surface area contributed by atoms with Crippen molar-refractivity contribution in [2.75, 3.05) is 18.1 Å². The first kappa shape index (κ1) is 44.4. The second-order valence-electron chi connectivity index (χ2n) is 19.9. The van der Waals surface area contributed by atoms with E-state index in [0.29, 0.717) is 13.2 Å². The fourth-order valence-corrected chi connectivity index (χ4v) is 11.5. The fraction of sp³-hybridized carbons (Fsp3) is 0.101. The van der Waals surface area contributed by atoms with Crippen molar-refractivity contribution in [3.63, 3.8) is 0 Å². The number of benzene rings is 11. The molecule has 1 fully saturated rings. The van der Waals surface area contributed by atoms with Crippen molar-refractivity contribution in [2.45, 2.75) is 32.5 Å². The summed E-state index contributed by atoms with van der Waals surface area (Å²) in [5.41, 5.74) is 19.2. The minimum absolute atomic E-state index is 0.225. The lowest BCUT2D eigenvalue weighted by Gasteiger charge is -2.29. The van der Waals surface area contributed by atoms with Gasteiger partial charge in [0, 0.05) is 44.2 Å². The van der Waals surface area contributed by atoms with Gasteiger partial charge in [-0.1, -0.05) is 202 Å². The zero-order chi connectivity index (χ0) is 49.0. The Labute approximate surface area is 427 Å². The molecule has 2 heterocycles. The molecule has 12 aromatic rings. The molecule has 352 valence electrons. The van der Waals surface area contributed by atoms with Gasteiger partial charge in [0.25, 0.3) is 0 Å². The summed E-state index contributed by atoms with van der Waals surface area (Å²) in [5.74, 6) is 0. The van der Waals surface area contributed by atoms with Gasteiger partial charge >= 0.3 is 0 Å². The summed E-state index contributed by atoms with van der Waals surface area (Å²) in [5, 5.41) is 7.66. The molecule has 1 aliphatic carbocycles. The number of rotatable bonds is 7. The third-order valence-corrected chi connectivity index (χ3v) is 15.2. The molecule has 0 N–H and O–H groups in total. The summed E-state index contributed by atoms with van der Waals surface area (Å²) in [4.78, 5) is 2.43. The molecule has 4 nitrogen and oxygen atoms in total. The predicted molar refractivity (Wildman–Crippen MR) is 305 cm³/mol. The number of hydrogen-bond acceptors (Lipinski definition) is 3. The van der Waals surface area contributed by atoms with Crippen LogP contribution >= 0.6 is 0 Å². The van der Waals surface area contributed by atoms with Crippen molar-refractivity contribution in [2.24, 2.45) is 0 Å². The van der Waals surface area contributed by atoms with E-state index in [9.17, 15) is 0 Å². The van der Waals surface area contributed by atoms with Crippen molar-refractivity contribution >= 4 is 60.4 Å². The molecule has 2 aliphatic rings. The van der Waals surface area contributed by atoms with E-state index < -0.39 is 0 Å². The van der Waals surface area contributed by atoms with Gasteiger partial charge in [0.1, 0.15) is 0 Å². The van der Waals surface area contributed by atoms with Crippen molar-refractivity contribution in [3.05, 3.63) is 265 Å². The first-order valence-corrected chi connectivity index (χ1v) is 25.4. The highest BCUT2D eigenvalue weighted by atomic mass is 16.7. The van der Waals surface area contributed by atoms with Gasteiger partial charge in [-0.2, -0.15) is 0 Å². The minimum Gasteiger partial charge on any atom is -0.346 e. The lowest BCUT2D eigenvalue weighted by molar-refractivity contribution is -0.0441. The monoisotopic (exact) mass is 942 g/mol. The lowest BCUT2D eigenvalue weighted by Crippen LogP contribution is -2.17. The summed E-state index contributed by atoms with van der Waals surface area (Å²) in [6.07, 6.45) is -0.259. The Bertz CT molecular complexity index is 3950. The third kappa shape index (κ3) is 7.88. The lowest BCUT2D eigenvalue weighted by atomic mass is 9.82. The Morgan fingerprint density at radius 3 is 1.51 bits per heavy atom. The molecule has 1 aliphatic heterocycles. The molecule has 0 radical (unpaired) electrons. The van der Waals surface area contributed by atoms with E-state index in [0.717, 1.165) is 22.6 Å². The van der Waals surface area contributed by atoms with Gasteiger partial charge in [-0.3, -0.25) is 0 Å². The van der Waals surface area contributed by atoms with Gasteiger partial charge in [0.15, 0.2) is 6.29 Å². The quantitative estimate of drug-likeness (QED) is 0.159. The molecule has 14 rings (SSSR count). The van der Waals surface area contributed by atoms with Crippen LogP contribution in [0.15, 0.2) is 243 Å². The SMILES string of the molecule is CC1(C)c2cc(N(c3ccc(-c4ccc(-c5ccc(C6OCCO6)cc5)cc4)cc3)c3cccc4ccccc34)ccc2-c2ccc(-n3c4ccccc4c4ccccc43)cc21.Cc1cccc2ccccc12. The molecule has 11 aromatic carbocycles. The number of anilines is 3. The number of aromatic nitrogens is 1. The maximum absolute atomic E-state index is 5.69. The zero-order valence-corrected chi connectivity index (χ0v) is 41.3. The largest absolute Gasteiger partial charge is 0.346 e. The van der Waals surface area contributed by atoms with E-state index in [4.69, 9.17) is 9.47 Å². The van der Waals surface area contributed by atoms with Crippen LogP contribution in [0.3, 0.4) is 0 Å². The number of nitrogens with zero attached hydrogens (tertiary/aromatic N) is 2. The Hall–Kier alpha value is -8.54. The van der Waals surface area contributed by atoms with Gasteiger partial charge in [0.05, 0.1) is 29.9 Å². The molecule has 4 heteroatoms. The van der Waals surface area contributed by atoms with Crippen molar-refractivity contribution < 1.29 is 9.47 Å². The van der Waals surface area contributed by atoms with Crippen LogP contribution in [-0.4, -0.2) is 17.8 Å². The number of hydrogen-bond donors (Lipinski definition) is 0. The average molecular weight is 943 g/mol. The smallest absolute Gasteiger partial charge is 0.184 e. The molecule has 0 amide bonds. The maximum Gasteiger partial charge on any atom is 0.184 e. The van der Waals surface area contributed by atoms with Crippen LogP contribution in [0.5, 0.6) is 0 Å². The van der Waals surface area contributed by atoms with E-state index in [1.165, 1.54) is 99.1 Å². The molecule has 0 spiro atoms. The summed E-state index contributed by atoms with van der Waals surface area (Å²) in [6.45, 7) is 8.20. The van der Waals surface area contributed by atoms with Crippen LogP contribution in [0.1, 0.15) is 42.4 Å². The van der Waals surface area contributed by atoms with E-state index in [1.807, 2.05) is 0 Å². The van der Waals surface area contributed by atoms with Crippen LogP contribution in [0.25, 0.3) is 82.4 Å². The highest BCUT2D eigenvalue weighted by Gasteiger charge is 2.37. The zero-order valence-electron chi connectivity index (χ0n) is 41.3. The predicted octanol–water partition coefficient (Wildman–Crippen LogP) is 18.2. The second-order valence-corrected chi connectivity index (χ2v) is 19.9. The number of para-hydroxylation sites is 2. The molecule has 1 aromatic heterocycles. The third-order valence-electron chi connectivity index (χ3n) is 15.2. The van der Waals surface area contributed by atoms with Gasteiger partial charge in [-0.25, -0.2) is 0 Å². The van der Waals surface area contributed by atoms with Crippen LogP contribution < -0.4 is 4.90 Å². The second kappa shape index (κ2) is 18.3. The van der Waals surface area contributed by atoms with Gasteiger partial charge in [-0.15, -0.1) is 0 Å². The average Bonchev–Trinajstić information content (AvgIpc) is 4.17. The van der Waals surface area contributed by atoms with E-state index in [2.05, 4.69) is 273 Å². The Morgan fingerprint density at radius 1 is 0.425 bits per heavy atom. The minimum atomic E-state index is -0.259. The van der Waals surface area contributed by atoms with Crippen LogP contribution in [0, 0.1) is 6.92 Å².